The molecular formula is C15H24N2O. The number of methoxy groups -OCH3 is 1. The number of nitrogens with zero attached hydrogens (tertiary/aromatic N) is 1. The maximum Gasteiger partial charge on any atom is 0.0605 e. The van der Waals surface area contributed by atoms with Gasteiger partial charge < -0.3 is 15.0 Å². The highest BCUT2D eigenvalue weighted by molar-refractivity contribution is 5.55. The lowest BCUT2D eigenvalue weighted by Crippen LogP contribution is -2.37. The summed E-state index contributed by atoms with van der Waals surface area (Å²) < 4.78 is 5.44. The molecule has 2 rings (SSSR count). The number of benzene rings is 1. The smallest absolute Gasteiger partial charge is 0.0605 e. The summed E-state index contributed by atoms with van der Waals surface area (Å²) in [6.07, 6.45) is 2.69. The maximum absolute atomic E-state index is 5.44. The fraction of sp³-hybridized carbons (Fsp3) is 0.600. The molecule has 1 unspecified atom stereocenters. The van der Waals surface area contributed by atoms with Crippen molar-refractivity contribution in [1.29, 1.82) is 0 Å². The van der Waals surface area contributed by atoms with Gasteiger partial charge in [-0.3, -0.25) is 0 Å². The minimum absolute atomic E-state index is 0.390. The molecule has 1 N–H and O–H groups in total. The summed E-state index contributed by atoms with van der Waals surface area (Å²) in [5.41, 5.74) is 2.75. The lowest BCUT2D eigenvalue weighted by Gasteiger charge is -2.35. The van der Waals surface area contributed by atoms with Crippen molar-refractivity contribution >= 4 is 5.69 Å². The van der Waals surface area contributed by atoms with Crippen molar-refractivity contribution in [3.05, 3.63) is 29.8 Å². The number of anilines is 1. The molecule has 3 nitrogen and oxygen atoms in total. The number of rotatable bonds is 4. The van der Waals surface area contributed by atoms with E-state index in [1.54, 1.807) is 0 Å². The molecule has 1 aliphatic rings. The Morgan fingerprint density at radius 3 is 2.56 bits per heavy atom. The van der Waals surface area contributed by atoms with Crippen molar-refractivity contribution < 1.29 is 4.74 Å². The van der Waals surface area contributed by atoms with E-state index in [4.69, 9.17) is 4.74 Å². The van der Waals surface area contributed by atoms with Crippen LogP contribution < -0.4 is 10.2 Å². The van der Waals surface area contributed by atoms with Gasteiger partial charge in [0.1, 0.15) is 0 Å². The van der Waals surface area contributed by atoms with Crippen molar-refractivity contribution in [3.8, 4) is 0 Å². The average molecular weight is 248 g/mol. The Hall–Kier alpha value is -1.06. The minimum atomic E-state index is 0.390. The molecule has 100 valence electrons. The Morgan fingerprint density at radius 1 is 1.28 bits per heavy atom. The molecule has 1 aromatic carbocycles. The molecular weight excluding hydrogens is 224 g/mol. The lowest BCUT2D eigenvalue weighted by atomic mass is 10.0. The van der Waals surface area contributed by atoms with Crippen molar-refractivity contribution in [2.45, 2.75) is 31.9 Å². The molecule has 1 saturated heterocycles. The second-order valence-corrected chi connectivity index (χ2v) is 4.99. The first-order valence-corrected chi connectivity index (χ1v) is 6.80. The van der Waals surface area contributed by atoms with Crippen molar-refractivity contribution in [3.63, 3.8) is 0 Å². The molecule has 18 heavy (non-hydrogen) atoms. The zero-order valence-electron chi connectivity index (χ0n) is 11.6. The fourth-order valence-electron chi connectivity index (χ4n) is 2.63. The number of ether oxygens (including phenoxy) is 1. The molecule has 1 atom stereocenters. The van der Waals surface area contributed by atoms with Gasteiger partial charge in [0.15, 0.2) is 0 Å². The predicted molar refractivity (Wildman–Crippen MR) is 76.2 cm³/mol. The first-order valence-electron chi connectivity index (χ1n) is 6.80. The summed E-state index contributed by atoms with van der Waals surface area (Å²) in [5.74, 6) is 0. The normalized spacial score (nSPS) is 18.9. The molecule has 1 aromatic rings. The Kier molecular flexibility index (Phi) is 4.61. The third kappa shape index (κ3) is 2.85. The quantitative estimate of drug-likeness (QED) is 0.886. The Labute approximate surface area is 110 Å². The van der Waals surface area contributed by atoms with Crippen LogP contribution in [0.1, 0.15) is 31.4 Å². The maximum atomic E-state index is 5.44. The third-order valence-electron chi connectivity index (χ3n) is 3.95. The molecule has 0 spiro atoms. The van der Waals surface area contributed by atoms with E-state index in [9.17, 15) is 0 Å². The van der Waals surface area contributed by atoms with E-state index in [1.807, 2.05) is 14.2 Å². The number of nitrogens with one attached hydrogen (secondary N) is 1. The molecule has 0 aliphatic carbocycles. The van der Waals surface area contributed by atoms with Crippen LogP contribution in [-0.4, -0.2) is 33.4 Å². The molecule has 0 amide bonds. The van der Waals surface area contributed by atoms with E-state index < -0.39 is 0 Å². The van der Waals surface area contributed by atoms with Crippen molar-refractivity contribution in [2.75, 3.05) is 32.1 Å². The van der Waals surface area contributed by atoms with Gasteiger partial charge in [-0.25, -0.2) is 0 Å². The van der Waals surface area contributed by atoms with E-state index in [2.05, 4.69) is 41.4 Å². The standard InChI is InChI=1S/C15H24N2O/c1-12(16-2)14-6-4-5-7-15(14)17-10-8-13(18-3)9-11-17/h4-7,12-13,16H,8-11H2,1-3H3. The Balaban J connectivity index is 2.13. The van der Waals surface area contributed by atoms with Gasteiger partial charge in [-0.15, -0.1) is 0 Å². The van der Waals surface area contributed by atoms with Crippen LogP contribution in [-0.2, 0) is 4.74 Å². The predicted octanol–water partition coefficient (Wildman–Crippen LogP) is 2.58. The third-order valence-corrected chi connectivity index (χ3v) is 3.95. The average Bonchev–Trinajstić information content (AvgIpc) is 2.46. The highest BCUT2D eigenvalue weighted by Crippen LogP contribution is 2.28. The van der Waals surface area contributed by atoms with Gasteiger partial charge in [-0.2, -0.15) is 0 Å². The van der Waals surface area contributed by atoms with E-state index >= 15 is 0 Å². The zero-order valence-corrected chi connectivity index (χ0v) is 11.6. The van der Waals surface area contributed by atoms with E-state index in [1.165, 1.54) is 11.3 Å². The number of piperidine rings is 1. The summed E-state index contributed by atoms with van der Waals surface area (Å²) in [4.78, 5) is 2.48. The van der Waals surface area contributed by atoms with E-state index in [0.29, 0.717) is 12.1 Å². The van der Waals surface area contributed by atoms with Crippen molar-refractivity contribution in [2.24, 2.45) is 0 Å². The Bertz CT molecular complexity index is 373. The Morgan fingerprint density at radius 2 is 1.94 bits per heavy atom. The molecule has 0 aromatic heterocycles. The van der Waals surface area contributed by atoms with Gasteiger partial charge >= 0.3 is 0 Å². The summed E-state index contributed by atoms with van der Waals surface area (Å²) >= 11 is 0. The second-order valence-electron chi connectivity index (χ2n) is 4.99. The largest absolute Gasteiger partial charge is 0.381 e. The molecule has 3 heteroatoms. The van der Waals surface area contributed by atoms with E-state index in [-0.39, 0.29) is 0 Å². The summed E-state index contributed by atoms with van der Waals surface area (Å²) in [5, 5.41) is 3.33. The molecule has 0 saturated carbocycles. The van der Waals surface area contributed by atoms with Gasteiger partial charge in [0, 0.05) is 31.9 Å². The molecule has 1 aliphatic heterocycles. The van der Waals surface area contributed by atoms with Gasteiger partial charge in [-0.1, -0.05) is 18.2 Å². The second kappa shape index (κ2) is 6.21. The number of hydrogen-bond donors (Lipinski definition) is 1. The van der Waals surface area contributed by atoms with Gasteiger partial charge in [0.25, 0.3) is 0 Å². The monoisotopic (exact) mass is 248 g/mol. The zero-order chi connectivity index (χ0) is 13.0. The van der Waals surface area contributed by atoms with Crippen LogP contribution in [0.25, 0.3) is 0 Å². The summed E-state index contributed by atoms with van der Waals surface area (Å²) in [7, 11) is 3.83. The highest BCUT2D eigenvalue weighted by atomic mass is 16.5. The molecule has 1 heterocycles. The van der Waals surface area contributed by atoms with Gasteiger partial charge in [-0.05, 0) is 38.4 Å². The van der Waals surface area contributed by atoms with Crippen LogP contribution in [0.5, 0.6) is 0 Å². The van der Waals surface area contributed by atoms with Crippen LogP contribution in [0, 0.1) is 0 Å². The molecule has 1 fully saturated rings. The van der Waals surface area contributed by atoms with Crippen LogP contribution in [0.2, 0.25) is 0 Å². The minimum Gasteiger partial charge on any atom is -0.381 e. The first kappa shape index (κ1) is 13.4. The lowest BCUT2D eigenvalue weighted by molar-refractivity contribution is 0.0819. The van der Waals surface area contributed by atoms with Gasteiger partial charge in [0.2, 0.25) is 0 Å². The number of hydrogen-bond acceptors (Lipinski definition) is 3. The van der Waals surface area contributed by atoms with Crippen LogP contribution >= 0.6 is 0 Å². The fourth-order valence-corrected chi connectivity index (χ4v) is 2.63. The summed E-state index contributed by atoms with van der Waals surface area (Å²) in [6.45, 7) is 4.39. The molecule has 0 bridgehead atoms. The van der Waals surface area contributed by atoms with Gasteiger partial charge in [0.05, 0.1) is 6.10 Å². The highest BCUT2D eigenvalue weighted by Gasteiger charge is 2.21. The van der Waals surface area contributed by atoms with Crippen LogP contribution in [0.15, 0.2) is 24.3 Å². The SMILES string of the molecule is CNC(C)c1ccccc1N1CCC(OC)CC1. The molecule has 0 radical (unpaired) electrons. The topological polar surface area (TPSA) is 24.5 Å². The van der Waals surface area contributed by atoms with Crippen molar-refractivity contribution in [1.82, 2.24) is 5.32 Å². The van der Waals surface area contributed by atoms with Crippen LogP contribution in [0.3, 0.4) is 0 Å². The summed E-state index contributed by atoms with van der Waals surface area (Å²) in [6, 6.07) is 9.09. The first-order chi connectivity index (χ1) is 8.76. The van der Waals surface area contributed by atoms with Crippen LogP contribution in [0.4, 0.5) is 5.69 Å². The number of para-hydroxylation sites is 1. The van der Waals surface area contributed by atoms with E-state index in [0.717, 1.165) is 25.9 Å².